The Morgan fingerprint density at radius 1 is 1.33 bits per heavy atom. The minimum absolute atomic E-state index is 0.0849. The second kappa shape index (κ2) is 6.31. The van der Waals surface area contributed by atoms with Crippen molar-refractivity contribution in [3.63, 3.8) is 0 Å². The van der Waals surface area contributed by atoms with Crippen LogP contribution < -0.4 is 21.3 Å². The summed E-state index contributed by atoms with van der Waals surface area (Å²) in [4.78, 5) is 12.1. The van der Waals surface area contributed by atoms with Crippen molar-refractivity contribution in [1.82, 2.24) is 15.0 Å². The standard InChI is InChI=1S/C10H20N6O2/c1-4-10(2,5-6-17)15-7-12-8(16-11)14-9(13-7)18-3/h17H,4-6,11H2,1-3H3,(H2,12,13,14,15,16). The minimum atomic E-state index is -0.299. The van der Waals surface area contributed by atoms with Crippen LogP contribution in [0, 0.1) is 0 Å². The number of aromatic nitrogens is 3. The summed E-state index contributed by atoms with van der Waals surface area (Å²) >= 11 is 0. The highest BCUT2D eigenvalue weighted by Crippen LogP contribution is 2.20. The van der Waals surface area contributed by atoms with Crippen LogP contribution in [0.2, 0.25) is 0 Å². The molecule has 1 aromatic rings. The van der Waals surface area contributed by atoms with Gasteiger partial charge in [0.1, 0.15) is 0 Å². The first kappa shape index (κ1) is 14.4. The number of hydrogen-bond donors (Lipinski definition) is 4. The van der Waals surface area contributed by atoms with Gasteiger partial charge in [0.25, 0.3) is 0 Å². The predicted molar refractivity (Wildman–Crippen MR) is 68.2 cm³/mol. The maximum absolute atomic E-state index is 9.06. The average Bonchev–Trinajstić information content (AvgIpc) is 2.38. The van der Waals surface area contributed by atoms with E-state index in [0.717, 1.165) is 6.42 Å². The fourth-order valence-corrected chi connectivity index (χ4v) is 1.41. The molecule has 1 unspecified atom stereocenters. The van der Waals surface area contributed by atoms with E-state index in [1.165, 1.54) is 7.11 Å². The summed E-state index contributed by atoms with van der Waals surface area (Å²) in [5, 5.41) is 12.2. The lowest BCUT2D eigenvalue weighted by Gasteiger charge is -2.28. The fourth-order valence-electron chi connectivity index (χ4n) is 1.41. The Morgan fingerprint density at radius 3 is 2.50 bits per heavy atom. The van der Waals surface area contributed by atoms with E-state index in [9.17, 15) is 0 Å². The van der Waals surface area contributed by atoms with E-state index >= 15 is 0 Å². The number of anilines is 2. The molecular weight excluding hydrogens is 236 g/mol. The number of ether oxygens (including phenoxy) is 1. The number of hydrazine groups is 1. The molecule has 0 aromatic carbocycles. The molecule has 1 aromatic heterocycles. The van der Waals surface area contributed by atoms with Crippen molar-refractivity contribution in [2.24, 2.45) is 5.84 Å². The number of rotatable bonds is 7. The Morgan fingerprint density at radius 2 is 2.00 bits per heavy atom. The van der Waals surface area contributed by atoms with Gasteiger partial charge in [0.05, 0.1) is 7.11 Å². The molecule has 0 spiro atoms. The molecule has 18 heavy (non-hydrogen) atoms. The first-order chi connectivity index (χ1) is 8.56. The summed E-state index contributed by atoms with van der Waals surface area (Å²) in [6, 6.07) is 0.169. The SMILES string of the molecule is CCC(C)(CCO)Nc1nc(NN)nc(OC)n1. The summed E-state index contributed by atoms with van der Waals surface area (Å²) in [5.41, 5.74) is 2.05. The molecule has 0 saturated heterocycles. The van der Waals surface area contributed by atoms with Crippen LogP contribution in [0.5, 0.6) is 6.01 Å². The number of nitrogens with zero attached hydrogens (tertiary/aromatic N) is 3. The molecule has 0 bridgehead atoms. The largest absolute Gasteiger partial charge is 0.467 e. The molecule has 1 rings (SSSR count). The van der Waals surface area contributed by atoms with Crippen molar-refractivity contribution in [2.75, 3.05) is 24.5 Å². The number of methoxy groups -OCH3 is 1. The van der Waals surface area contributed by atoms with E-state index in [2.05, 4.69) is 25.7 Å². The molecule has 1 atom stereocenters. The van der Waals surface area contributed by atoms with Crippen molar-refractivity contribution in [1.29, 1.82) is 0 Å². The summed E-state index contributed by atoms with van der Waals surface area (Å²) in [5.74, 6) is 5.84. The van der Waals surface area contributed by atoms with Gasteiger partial charge in [0.15, 0.2) is 0 Å². The maximum Gasteiger partial charge on any atom is 0.322 e. The molecule has 0 aliphatic heterocycles. The van der Waals surface area contributed by atoms with E-state index in [1.807, 2.05) is 13.8 Å². The second-order valence-corrected chi connectivity index (χ2v) is 4.13. The van der Waals surface area contributed by atoms with Gasteiger partial charge in [-0.05, 0) is 19.8 Å². The van der Waals surface area contributed by atoms with Crippen molar-refractivity contribution in [3.8, 4) is 6.01 Å². The monoisotopic (exact) mass is 256 g/mol. The molecule has 0 amide bonds. The van der Waals surface area contributed by atoms with Crippen molar-refractivity contribution >= 4 is 11.9 Å². The number of aliphatic hydroxyl groups excluding tert-OH is 1. The number of nitrogens with one attached hydrogen (secondary N) is 2. The molecule has 8 heteroatoms. The zero-order valence-electron chi connectivity index (χ0n) is 10.9. The normalized spacial score (nSPS) is 13.8. The summed E-state index contributed by atoms with van der Waals surface area (Å²) in [6.45, 7) is 4.08. The Balaban J connectivity index is 2.94. The highest BCUT2D eigenvalue weighted by Gasteiger charge is 2.23. The Hall–Kier alpha value is -1.67. The lowest BCUT2D eigenvalue weighted by molar-refractivity contribution is 0.251. The lowest BCUT2D eigenvalue weighted by atomic mass is 9.95. The van der Waals surface area contributed by atoms with Crippen LogP contribution in [-0.2, 0) is 0 Å². The molecule has 0 fully saturated rings. The van der Waals surface area contributed by atoms with Gasteiger partial charge in [0, 0.05) is 12.1 Å². The number of nitrogens with two attached hydrogens (primary N) is 1. The Labute approximate surface area is 106 Å². The Bertz CT molecular complexity index is 366. The first-order valence-electron chi connectivity index (χ1n) is 5.72. The number of aliphatic hydroxyl groups is 1. The van der Waals surface area contributed by atoms with Crippen molar-refractivity contribution in [3.05, 3.63) is 0 Å². The van der Waals surface area contributed by atoms with Crippen LogP contribution in [0.25, 0.3) is 0 Å². The van der Waals surface area contributed by atoms with Gasteiger partial charge in [-0.25, -0.2) is 5.84 Å². The highest BCUT2D eigenvalue weighted by atomic mass is 16.5. The van der Waals surface area contributed by atoms with E-state index < -0.39 is 0 Å². The zero-order chi connectivity index (χ0) is 13.6. The summed E-state index contributed by atoms with van der Waals surface area (Å²) < 4.78 is 4.96. The lowest BCUT2D eigenvalue weighted by Crippen LogP contribution is -2.36. The van der Waals surface area contributed by atoms with Crippen LogP contribution in [0.15, 0.2) is 0 Å². The van der Waals surface area contributed by atoms with Crippen LogP contribution >= 0.6 is 0 Å². The molecule has 8 nitrogen and oxygen atoms in total. The topological polar surface area (TPSA) is 118 Å². The molecular formula is C10H20N6O2. The van der Waals surface area contributed by atoms with Crippen LogP contribution in [0.1, 0.15) is 26.7 Å². The number of nitrogen functional groups attached to an aromatic ring is 1. The van der Waals surface area contributed by atoms with Gasteiger partial charge in [-0.2, -0.15) is 15.0 Å². The predicted octanol–water partition coefficient (Wildman–Crippen LogP) is 0.129. The van der Waals surface area contributed by atoms with E-state index in [-0.39, 0.29) is 24.1 Å². The molecule has 5 N–H and O–H groups in total. The third kappa shape index (κ3) is 3.67. The average molecular weight is 256 g/mol. The second-order valence-electron chi connectivity index (χ2n) is 4.13. The van der Waals surface area contributed by atoms with Crippen LogP contribution in [-0.4, -0.2) is 39.3 Å². The van der Waals surface area contributed by atoms with Gasteiger partial charge in [-0.15, -0.1) is 0 Å². The van der Waals surface area contributed by atoms with Gasteiger partial charge >= 0.3 is 6.01 Å². The summed E-state index contributed by atoms with van der Waals surface area (Å²) in [6.07, 6.45) is 1.40. The van der Waals surface area contributed by atoms with Crippen LogP contribution in [0.3, 0.4) is 0 Å². The van der Waals surface area contributed by atoms with E-state index in [0.29, 0.717) is 12.4 Å². The van der Waals surface area contributed by atoms with Gasteiger partial charge in [-0.3, -0.25) is 5.43 Å². The van der Waals surface area contributed by atoms with Gasteiger partial charge in [0.2, 0.25) is 11.9 Å². The highest BCUT2D eigenvalue weighted by molar-refractivity contribution is 5.37. The molecule has 0 saturated carbocycles. The molecule has 0 aliphatic rings. The van der Waals surface area contributed by atoms with Gasteiger partial charge < -0.3 is 15.2 Å². The van der Waals surface area contributed by atoms with Gasteiger partial charge in [-0.1, -0.05) is 6.92 Å². The van der Waals surface area contributed by atoms with Crippen molar-refractivity contribution < 1.29 is 9.84 Å². The molecule has 1 heterocycles. The number of hydrogen-bond acceptors (Lipinski definition) is 8. The smallest absolute Gasteiger partial charge is 0.322 e. The van der Waals surface area contributed by atoms with E-state index in [4.69, 9.17) is 15.7 Å². The Kier molecular flexibility index (Phi) is 5.05. The minimum Gasteiger partial charge on any atom is -0.467 e. The van der Waals surface area contributed by atoms with Crippen LogP contribution in [0.4, 0.5) is 11.9 Å². The third-order valence-corrected chi connectivity index (χ3v) is 2.78. The molecule has 0 aliphatic carbocycles. The zero-order valence-corrected chi connectivity index (χ0v) is 10.9. The third-order valence-electron chi connectivity index (χ3n) is 2.78. The fraction of sp³-hybridized carbons (Fsp3) is 0.700. The maximum atomic E-state index is 9.06. The molecule has 0 radical (unpaired) electrons. The quantitative estimate of drug-likeness (QED) is 0.401. The molecule has 102 valence electrons. The van der Waals surface area contributed by atoms with E-state index in [1.54, 1.807) is 0 Å². The summed E-state index contributed by atoms with van der Waals surface area (Å²) in [7, 11) is 1.46. The first-order valence-corrected chi connectivity index (χ1v) is 5.72. The van der Waals surface area contributed by atoms with Crippen molar-refractivity contribution in [2.45, 2.75) is 32.2 Å².